The molecule has 2 amide bonds. The molecule has 0 unspecified atom stereocenters. The first-order valence-corrected chi connectivity index (χ1v) is 15.6. The lowest BCUT2D eigenvalue weighted by Gasteiger charge is -2.22. The molecule has 1 aliphatic heterocycles. The molecule has 0 saturated carbocycles. The highest BCUT2D eigenvalue weighted by molar-refractivity contribution is 7.99. The largest absolute Gasteiger partial charge is 0.497 e. The number of hydrogen-bond acceptors (Lipinski definition) is 8. The van der Waals surface area contributed by atoms with Crippen molar-refractivity contribution >= 4 is 40.6 Å². The molecule has 0 saturated heterocycles. The third kappa shape index (κ3) is 6.41. The average molecular weight is 627 g/mol. The fourth-order valence-electron chi connectivity index (χ4n) is 4.84. The maximum absolute atomic E-state index is 13.7. The van der Waals surface area contributed by atoms with E-state index in [1.807, 2.05) is 52.4 Å². The Hall–Kier alpha value is -4.81. The second kappa shape index (κ2) is 13.2. The lowest BCUT2D eigenvalue weighted by atomic mass is 10.0. The first-order chi connectivity index (χ1) is 21.5. The number of hydrazone groups is 1. The predicted molar refractivity (Wildman–Crippen MR) is 168 cm³/mol. The number of para-hydroxylation sites is 1. The molecule has 44 heavy (non-hydrogen) atoms. The summed E-state index contributed by atoms with van der Waals surface area (Å²) in [7, 11) is 1.55. The molecule has 6 rings (SSSR count). The summed E-state index contributed by atoms with van der Waals surface area (Å²) in [6.45, 7) is 0.111. The van der Waals surface area contributed by atoms with Gasteiger partial charge in [0, 0.05) is 17.7 Å². The van der Waals surface area contributed by atoms with Gasteiger partial charge in [-0.15, -0.1) is 21.5 Å². The van der Waals surface area contributed by atoms with Crippen molar-refractivity contribution in [3.05, 3.63) is 124 Å². The minimum absolute atomic E-state index is 0.0417. The Kier molecular flexibility index (Phi) is 8.80. The monoisotopic (exact) mass is 626 g/mol. The van der Waals surface area contributed by atoms with Gasteiger partial charge in [0.05, 0.1) is 36.0 Å². The van der Waals surface area contributed by atoms with Gasteiger partial charge in [-0.3, -0.25) is 14.2 Å². The molecule has 3 aromatic carbocycles. The molecule has 222 valence electrons. The highest BCUT2D eigenvalue weighted by atomic mass is 32.2. The molecule has 5 aromatic rings. The van der Waals surface area contributed by atoms with E-state index in [-0.39, 0.29) is 36.0 Å². The first kappa shape index (κ1) is 29.3. The third-order valence-electron chi connectivity index (χ3n) is 7.00. The van der Waals surface area contributed by atoms with Crippen LogP contribution in [0.1, 0.15) is 39.1 Å². The summed E-state index contributed by atoms with van der Waals surface area (Å²) in [4.78, 5) is 27.5. The van der Waals surface area contributed by atoms with Crippen LogP contribution in [0, 0.1) is 5.82 Å². The van der Waals surface area contributed by atoms with Crippen LogP contribution in [0.4, 0.5) is 4.39 Å². The lowest BCUT2D eigenvalue weighted by molar-refractivity contribution is -0.130. The van der Waals surface area contributed by atoms with Crippen molar-refractivity contribution in [2.45, 2.75) is 24.2 Å². The van der Waals surface area contributed by atoms with Crippen LogP contribution in [-0.2, 0) is 11.3 Å². The fourth-order valence-corrected chi connectivity index (χ4v) is 6.38. The maximum Gasteiger partial charge on any atom is 0.253 e. The molecule has 0 bridgehead atoms. The zero-order valence-electron chi connectivity index (χ0n) is 23.6. The number of rotatable bonds is 10. The fraction of sp³-hybridized carbons (Fsp3) is 0.156. The van der Waals surface area contributed by atoms with E-state index in [9.17, 15) is 14.0 Å². The van der Waals surface area contributed by atoms with Crippen LogP contribution in [0.5, 0.6) is 5.75 Å². The zero-order valence-corrected chi connectivity index (χ0v) is 25.2. The van der Waals surface area contributed by atoms with Crippen molar-refractivity contribution in [1.29, 1.82) is 0 Å². The Morgan fingerprint density at radius 1 is 1.02 bits per heavy atom. The van der Waals surface area contributed by atoms with Crippen molar-refractivity contribution in [3.63, 3.8) is 0 Å². The van der Waals surface area contributed by atoms with Crippen LogP contribution >= 0.6 is 23.1 Å². The molecule has 2 aromatic heterocycles. The summed E-state index contributed by atoms with van der Waals surface area (Å²) in [5.74, 6) is 0.295. The Morgan fingerprint density at radius 3 is 2.59 bits per heavy atom. The number of thioether (sulfide) groups is 1. The molecule has 1 N–H and O–H groups in total. The van der Waals surface area contributed by atoms with Crippen molar-refractivity contribution in [2.75, 3.05) is 12.9 Å². The van der Waals surface area contributed by atoms with Gasteiger partial charge >= 0.3 is 0 Å². The highest BCUT2D eigenvalue weighted by Crippen LogP contribution is 2.35. The van der Waals surface area contributed by atoms with Gasteiger partial charge in [0.25, 0.3) is 11.8 Å². The number of amides is 2. The lowest BCUT2D eigenvalue weighted by Crippen LogP contribution is -2.28. The number of thiophene rings is 1. The third-order valence-corrected chi connectivity index (χ3v) is 8.84. The van der Waals surface area contributed by atoms with Gasteiger partial charge < -0.3 is 10.1 Å². The van der Waals surface area contributed by atoms with Gasteiger partial charge in [0.15, 0.2) is 11.0 Å². The maximum atomic E-state index is 13.7. The molecule has 0 aliphatic carbocycles. The topological polar surface area (TPSA) is 102 Å². The minimum atomic E-state index is -0.352. The van der Waals surface area contributed by atoms with Gasteiger partial charge in [-0.25, -0.2) is 9.40 Å². The van der Waals surface area contributed by atoms with E-state index in [1.54, 1.807) is 54.8 Å². The molecular weight excluding hydrogens is 600 g/mol. The first-order valence-electron chi connectivity index (χ1n) is 13.7. The second-order valence-corrected chi connectivity index (χ2v) is 11.7. The average Bonchev–Trinajstić information content (AvgIpc) is 3.83. The van der Waals surface area contributed by atoms with Crippen LogP contribution in [0.3, 0.4) is 0 Å². The molecule has 3 heterocycles. The number of hydrogen-bond donors (Lipinski definition) is 1. The molecule has 0 fully saturated rings. The second-order valence-electron chi connectivity index (χ2n) is 9.81. The SMILES string of the molecule is COc1cccc(C(=O)NCc2nnc(SCC(=O)N3N=C(c4cccs4)C[C@@H]3c3ccc(F)cc3)n2-c2ccccc2)c1. The van der Waals surface area contributed by atoms with Crippen molar-refractivity contribution < 1.29 is 18.7 Å². The number of benzene rings is 3. The van der Waals surface area contributed by atoms with E-state index >= 15 is 0 Å². The van der Waals surface area contributed by atoms with Gasteiger partial charge in [0.1, 0.15) is 11.6 Å². The number of carbonyl (C=O) groups excluding carboxylic acids is 2. The molecule has 9 nitrogen and oxygen atoms in total. The van der Waals surface area contributed by atoms with E-state index in [1.165, 1.54) is 28.9 Å². The number of ether oxygens (including phenoxy) is 1. The number of nitrogens with one attached hydrogen (secondary N) is 1. The number of carbonyl (C=O) groups is 2. The predicted octanol–water partition coefficient (Wildman–Crippen LogP) is 5.88. The Morgan fingerprint density at radius 2 is 1.84 bits per heavy atom. The van der Waals surface area contributed by atoms with Gasteiger partial charge in [-0.05, 0) is 59.5 Å². The van der Waals surface area contributed by atoms with Crippen LogP contribution < -0.4 is 10.1 Å². The molecule has 1 atom stereocenters. The summed E-state index contributed by atoms with van der Waals surface area (Å²) >= 11 is 2.80. The van der Waals surface area contributed by atoms with E-state index in [4.69, 9.17) is 9.84 Å². The molecular formula is C32H27FN6O3S2. The van der Waals surface area contributed by atoms with Crippen LogP contribution in [-0.4, -0.2) is 50.2 Å². The number of methoxy groups -OCH3 is 1. The summed E-state index contributed by atoms with van der Waals surface area (Å²) in [6.07, 6.45) is 0.528. The summed E-state index contributed by atoms with van der Waals surface area (Å²) < 4.78 is 20.7. The summed E-state index contributed by atoms with van der Waals surface area (Å²) in [5.41, 5.74) is 2.87. The Balaban J connectivity index is 1.21. The van der Waals surface area contributed by atoms with Gasteiger partial charge in [-0.2, -0.15) is 5.10 Å². The number of nitrogens with zero attached hydrogens (tertiary/aromatic N) is 5. The smallest absolute Gasteiger partial charge is 0.253 e. The van der Waals surface area contributed by atoms with E-state index in [0.717, 1.165) is 21.8 Å². The van der Waals surface area contributed by atoms with Gasteiger partial charge in [-0.1, -0.05) is 54.2 Å². The normalized spacial score (nSPS) is 14.4. The zero-order chi connectivity index (χ0) is 30.5. The molecule has 12 heteroatoms. The van der Waals surface area contributed by atoms with Crippen LogP contribution in [0.2, 0.25) is 0 Å². The van der Waals surface area contributed by atoms with Crippen molar-refractivity contribution in [2.24, 2.45) is 5.10 Å². The van der Waals surface area contributed by atoms with E-state index < -0.39 is 0 Å². The van der Waals surface area contributed by atoms with Crippen LogP contribution in [0.15, 0.2) is 107 Å². The molecule has 1 aliphatic rings. The Labute approximate surface area is 261 Å². The molecule has 0 radical (unpaired) electrons. The number of aromatic nitrogens is 3. The molecule has 0 spiro atoms. The quantitative estimate of drug-likeness (QED) is 0.195. The van der Waals surface area contributed by atoms with Crippen LogP contribution in [0.25, 0.3) is 5.69 Å². The van der Waals surface area contributed by atoms with Crippen molar-refractivity contribution in [3.8, 4) is 11.4 Å². The standard InChI is InChI=1S/C32H27FN6O3S2/c1-42-25-10-5-7-22(17-25)31(41)34-19-29-35-36-32(38(29)24-8-3-2-4-9-24)44-20-30(40)39-27(21-12-14-23(33)15-13-21)18-26(37-39)28-11-6-16-43-28/h2-17,27H,18-20H2,1H3,(H,34,41)/t27-/m1/s1. The summed E-state index contributed by atoms with van der Waals surface area (Å²) in [6, 6.07) is 26.1. The Bertz CT molecular complexity index is 1790. The van der Waals surface area contributed by atoms with Crippen molar-refractivity contribution in [1.82, 2.24) is 25.1 Å². The van der Waals surface area contributed by atoms with Gasteiger partial charge in [0.2, 0.25) is 0 Å². The summed E-state index contributed by atoms with van der Waals surface area (Å²) in [5, 5.41) is 20.3. The highest BCUT2D eigenvalue weighted by Gasteiger charge is 2.33. The minimum Gasteiger partial charge on any atom is -0.497 e. The number of halogens is 1. The van der Waals surface area contributed by atoms with E-state index in [0.29, 0.717) is 28.7 Å². The van der Waals surface area contributed by atoms with E-state index in [2.05, 4.69) is 15.5 Å².